The summed E-state index contributed by atoms with van der Waals surface area (Å²) >= 11 is 0. The van der Waals surface area contributed by atoms with Crippen molar-refractivity contribution in [2.45, 2.75) is 32.6 Å². The van der Waals surface area contributed by atoms with Gasteiger partial charge in [0, 0.05) is 0 Å². The van der Waals surface area contributed by atoms with Gasteiger partial charge in [0.15, 0.2) is 11.5 Å². The summed E-state index contributed by atoms with van der Waals surface area (Å²) in [6, 6.07) is 7.58. The maximum Gasteiger partial charge on any atom is 0.311 e. The number of allylic oxidation sites excluding steroid dienone is 1. The van der Waals surface area contributed by atoms with Gasteiger partial charge in [0.2, 0.25) is 11.8 Å². The lowest BCUT2D eigenvalue weighted by molar-refractivity contribution is -0.139. The van der Waals surface area contributed by atoms with Crippen LogP contribution >= 0.6 is 0 Å². The maximum absolute atomic E-state index is 11.9. The van der Waals surface area contributed by atoms with E-state index in [-0.39, 0.29) is 23.8 Å². The molecule has 1 aromatic carbocycles. The van der Waals surface area contributed by atoms with E-state index in [1.54, 1.807) is 6.07 Å². The summed E-state index contributed by atoms with van der Waals surface area (Å²) in [6.07, 6.45) is 0.813. The van der Waals surface area contributed by atoms with Crippen LogP contribution in [0.1, 0.15) is 43.0 Å². The van der Waals surface area contributed by atoms with E-state index in [0.29, 0.717) is 36.0 Å². The van der Waals surface area contributed by atoms with Gasteiger partial charge in [-0.05, 0) is 31.0 Å². The summed E-state index contributed by atoms with van der Waals surface area (Å²) in [5.41, 5.74) is 8.01. The smallest absolute Gasteiger partial charge is 0.311 e. The summed E-state index contributed by atoms with van der Waals surface area (Å²) in [6.45, 7) is 4.91. The van der Waals surface area contributed by atoms with E-state index < -0.39 is 11.9 Å². The highest BCUT2D eigenvalue weighted by molar-refractivity contribution is 5.73. The molecular formula is C21H24N4O5. The number of aromatic amines is 1. The van der Waals surface area contributed by atoms with Gasteiger partial charge in [-0.1, -0.05) is 13.0 Å². The summed E-state index contributed by atoms with van der Waals surface area (Å²) in [7, 11) is 1.31. The van der Waals surface area contributed by atoms with Gasteiger partial charge in [0.1, 0.15) is 11.6 Å². The van der Waals surface area contributed by atoms with Crippen LogP contribution in [0.5, 0.6) is 17.4 Å². The van der Waals surface area contributed by atoms with E-state index >= 15 is 0 Å². The minimum Gasteiger partial charge on any atom is -0.490 e. The van der Waals surface area contributed by atoms with Crippen molar-refractivity contribution in [3.8, 4) is 23.4 Å². The third kappa shape index (κ3) is 4.03. The number of esters is 1. The Bertz CT molecular complexity index is 1010. The number of nitrogens with one attached hydrogen (secondary N) is 1. The van der Waals surface area contributed by atoms with Gasteiger partial charge in [0.25, 0.3) is 0 Å². The van der Waals surface area contributed by atoms with Crippen molar-refractivity contribution < 1.29 is 23.7 Å². The van der Waals surface area contributed by atoms with Gasteiger partial charge in [-0.15, -0.1) is 5.10 Å². The van der Waals surface area contributed by atoms with Gasteiger partial charge in [-0.25, -0.2) is 0 Å². The topological polar surface area (TPSA) is 132 Å². The molecule has 0 fully saturated rings. The molecule has 0 spiro atoms. The second-order valence-corrected chi connectivity index (χ2v) is 6.59. The number of H-pyrrole nitrogens is 1. The normalized spacial score (nSPS) is 15.1. The van der Waals surface area contributed by atoms with Crippen LogP contribution in [-0.4, -0.2) is 36.5 Å². The number of aromatic nitrogens is 2. The molecule has 30 heavy (non-hydrogen) atoms. The Morgan fingerprint density at radius 2 is 2.13 bits per heavy atom. The molecule has 3 N–H and O–H groups in total. The number of nitrogens with zero attached hydrogens (tertiary/aromatic N) is 2. The lowest BCUT2D eigenvalue weighted by atomic mass is 9.83. The van der Waals surface area contributed by atoms with Gasteiger partial charge in [-0.2, -0.15) is 5.26 Å². The molecule has 1 aliphatic heterocycles. The zero-order chi connectivity index (χ0) is 21.7. The number of nitrogens with two attached hydrogens (primary N) is 1. The highest BCUT2D eigenvalue weighted by Crippen LogP contribution is 2.44. The van der Waals surface area contributed by atoms with Crippen LogP contribution in [-0.2, 0) is 16.0 Å². The average molecular weight is 412 g/mol. The van der Waals surface area contributed by atoms with E-state index in [1.807, 2.05) is 26.0 Å². The molecule has 9 heteroatoms. The summed E-state index contributed by atoms with van der Waals surface area (Å²) < 4.78 is 21.8. The SMILES string of the molecule is CCCOc1ccc(C2C(C#N)=C(N)Oc3n[nH]c(CC(=O)OC)c32)cc1OCC. The predicted molar refractivity (Wildman–Crippen MR) is 107 cm³/mol. The number of benzene rings is 1. The fourth-order valence-electron chi connectivity index (χ4n) is 3.30. The van der Waals surface area contributed by atoms with Crippen LogP contribution in [0.2, 0.25) is 0 Å². The van der Waals surface area contributed by atoms with Gasteiger partial charge >= 0.3 is 5.97 Å². The Morgan fingerprint density at radius 3 is 2.80 bits per heavy atom. The van der Waals surface area contributed by atoms with Gasteiger partial charge in [-0.3, -0.25) is 9.89 Å². The number of fused-ring (bicyclic) bond motifs is 1. The lowest BCUT2D eigenvalue weighted by Gasteiger charge is -2.24. The molecule has 0 bridgehead atoms. The number of rotatable bonds is 8. The number of carbonyl (C=O) groups excluding carboxylic acids is 1. The number of nitriles is 1. The number of methoxy groups -OCH3 is 1. The first-order valence-corrected chi connectivity index (χ1v) is 9.65. The van der Waals surface area contributed by atoms with Crippen molar-refractivity contribution in [3.63, 3.8) is 0 Å². The van der Waals surface area contributed by atoms with Gasteiger partial charge < -0.3 is 24.7 Å². The first-order chi connectivity index (χ1) is 14.5. The molecule has 0 amide bonds. The molecule has 1 aromatic heterocycles. The van der Waals surface area contributed by atoms with Crippen molar-refractivity contribution >= 4 is 5.97 Å². The molecule has 2 aromatic rings. The van der Waals surface area contributed by atoms with Crippen molar-refractivity contribution in [1.82, 2.24) is 10.2 Å². The highest BCUT2D eigenvalue weighted by Gasteiger charge is 2.36. The number of carbonyl (C=O) groups is 1. The van der Waals surface area contributed by atoms with Crippen LogP contribution in [0.4, 0.5) is 0 Å². The Kier molecular flexibility index (Phi) is 6.47. The van der Waals surface area contributed by atoms with E-state index in [0.717, 1.165) is 12.0 Å². The van der Waals surface area contributed by atoms with E-state index in [1.165, 1.54) is 7.11 Å². The fraction of sp³-hybridized carbons (Fsp3) is 0.381. The summed E-state index contributed by atoms with van der Waals surface area (Å²) in [5, 5.41) is 16.7. The molecule has 3 rings (SSSR count). The molecule has 2 heterocycles. The zero-order valence-electron chi connectivity index (χ0n) is 17.2. The van der Waals surface area contributed by atoms with Crippen molar-refractivity contribution in [2.75, 3.05) is 20.3 Å². The van der Waals surface area contributed by atoms with Crippen LogP contribution < -0.4 is 19.9 Å². The quantitative estimate of drug-likeness (QED) is 0.632. The van der Waals surface area contributed by atoms with Crippen molar-refractivity contribution in [1.29, 1.82) is 5.26 Å². The molecule has 158 valence electrons. The zero-order valence-corrected chi connectivity index (χ0v) is 17.2. The predicted octanol–water partition coefficient (Wildman–Crippen LogP) is 2.53. The molecule has 0 saturated heterocycles. The Labute approximate surface area is 174 Å². The van der Waals surface area contributed by atoms with Crippen LogP contribution in [0.3, 0.4) is 0 Å². The number of hydrogen-bond acceptors (Lipinski definition) is 8. The third-order valence-corrected chi connectivity index (χ3v) is 4.63. The molecular weight excluding hydrogens is 388 g/mol. The molecule has 1 aliphatic rings. The molecule has 0 aliphatic carbocycles. The number of ether oxygens (including phenoxy) is 4. The summed E-state index contributed by atoms with van der Waals surface area (Å²) in [5.74, 6) is 0.337. The van der Waals surface area contributed by atoms with Crippen LogP contribution in [0.25, 0.3) is 0 Å². The first kappa shape index (κ1) is 21.0. The average Bonchev–Trinajstić information content (AvgIpc) is 3.13. The largest absolute Gasteiger partial charge is 0.490 e. The van der Waals surface area contributed by atoms with Crippen LogP contribution in [0.15, 0.2) is 29.7 Å². The first-order valence-electron chi connectivity index (χ1n) is 9.65. The van der Waals surface area contributed by atoms with Crippen molar-refractivity contribution in [2.24, 2.45) is 5.73 Å². The lowest BCUT2D eigenvalue weighted by Crippen LogP contribution is -2.22. The molecule has 1 atom stereocenters. The monoisotopic (exact) mass is 412 g/mol. The minimum atomic E-state index is -0.586. The third-order valence-electron chi connectivity index (χ3n) is 4.63. The van der Waals surface area contributed by atoms with Crippen molar-refractivity contribution in [3.05, 3.63) is 46.5 Å². The highest BCUT2D eigenvalue weighted by atomic mass is 16.5. The Balaban J connectivity index is 2.12. The minimum absolute atomic E-state index is 0.0320. The van der Waals surface area contributed by atoms with E-state index in [4.69, 9.17) is 24.7 Å². The number of hydrogen-bond donors (Lipinski definition) is 2. The Hall–Kier alpha value is -3.67. The van der Waals surface area contributed by atoms with Gasteiger partial charge in [0.05, 0.1) is 43.9 Å². The fourth-order valence-corrected chi connectivity index (χ4v) is 3.30. The maximum atomic E-state index is 11.9. The van der Waals surface area contributed by atoms with E-state index in [2.05, 4.69) is 16.3 Å². The standard InChI is InChI=1S/C21H24N4O5/c1-4-8-29-15-7-6-12(9-16(15)28-5-2)18-13(11-22)20(23)30-21-19(18)14(24-25-21)10-17(26)27-3/h6-7,9,18H,4-5,8,10,23H2,1-3H3,(H,24,25). The Morgan fingerprint density at radius 1 is 1.33 bits per heavy atom. The summed E-state index contributed by atoms with van der Waals surface area (Å²) in [4.78, 5) is 11.9. The molecule has 0 radical (unpaired) electrons. The second kappa shape index (κ2) is 9.22. The molecule has 0 saturated carbocycles. The van der Waals surface area contributed by atoms with Crippen LogP contribution in [0, 0.1) is 11.3 Å². The van der Waals surface area contributed by atoms with E-state index in [9.17, 15) is 10.1 Å². The second-order valence-electron chi connectivity index (χ2n) is 6.59. The molecule has 9 nitrogen and oxygen atoms in total. The molecule has 1 unspecified atom stereocenters.